The summed E-state index contributed by atoms with van der Waals surface area (Å²) in [7, 11) is 0. The lowest BCUT2D eigenvalue weighted by molar-refractivity contribution is -0.141. The molecule has 3 heteroatoms. The Balaban J connectivity index is 2.29. The minimum Gasteiger partial charge on any atom is -0.466 e. The summed E-state index contributed by atoms with van der Waals surface area (Å²) in [6.07, 6.45) is 2.37. The van der Waals surface area contributed by atoms with Crippen molar-refractivity contribution in [2.24, 2.45) is 0 Å². The van der Waals surface area contributed by atoms with Crippen LogP contribution in [0, 0.1) is 6.92 Å². The van der Waals surface area contributed by atoms with Gasteiger partial charge >= 0.3 is 5.97 Å². The summed E-state index contributed by atoms with van der Waals surface area (Å²) in [5.41, 5.74) is 2.05. The topological polar surface area (TPSA) is 26.3 Å². The number of rotatable bonds is 5. The fourth-order valence-corrected chi connectivity index (χ4v) is 2.80. The average Bonchev–Trinajstić information content (AvgIpc) is 2.85. The van der Waals surface area contributed by atoms with Crippen molar-refractivity contribution in [2.45, 2.75) is 20.3 Å². The average molecular weight is 286 g/mol. The second-order valence-electron chi connectivity index (χ2n) is 4.47. The SMILES string of the molecule is CCOC(=O)C/C(=C/c1ccc(C)s1)c1ccccc1. The first kappa shape index (κ1) is 14.5. The molecule has 0 N–H and O–H groups in total. The van der Waals surface area contributed by atoms with Gasteiger partial charge in [-0.15, -0.1) is 11.3 Å². The van der Waals surface area contributed by atoms with Crippen molar-refractivity contribution in [3.05, 3.63) is 57.8 Å². The van der Waals surface area contributed by atoms with Gasteiger partial charge in [0.1, 0.15) is 0 Å². The maximum atomic E-state index is 11.8. The molecule has 0 aliphatic heterocycles. The molecule has 2 rings (SSSR count). The Kier molecular flexibility index (Phi) is 5.13. The molecule has 0 aliphatic rings. The van der Waals surface area contributed by atoms with Crippen LogP contribution in [0.2, 0.25) is 0 Å². The number of carbonyl (C=O) groups excluding carboxylic acids is 1. The van der Waals surface area contributed by atoms with Gasteiger partial charge in [0.15, 0.2) is 0 Å². The van der Waals surface area contributed by atoms with E-state index in [2.05, 4.69) is 25.1 Å². The van der Waals surface area contributed by atoms with Crippen molar-refractivity contribution in [2.75, 3.05) is 6.61 Å². The lowest BCUT2D eigenvalue weighted by atomic mass is 10.0. The number of ether oxygens (including phenoxy) is 1. The van der Waals surface area contributed by atoms with Crippen LogP contribution in [0.15, 0.2) is 42.5 Å². The molecule has 0 aliphatic carbocycles. The van der Waals surface area contributed by atoms with Crippen LogP contribution in [-0.2, 0) is 9.53 Å². The van der Waals surface area contributed by atoms with Crippen LogP contribution >= 0.6 is 11.3 Å². The normalized spacial score (nSPS) is 11.4. The van der Waals surface area contributed by atoms with Gasteiger partial charge in [0.05, 0.1) is 13.0 Å². The Hall–Kier alpha value is -1.87. The van der Waals surface area contributed by atoms with E-state index in [1.165, 1.54) is 4.88 Å². The molecule has 0 unspecified atom stereocenters. The summed E-state index contributed by atoms with van der Waals surface area (Å²) in [6, 6.07) is 14.1. The maximum absolute atomic E-state index is 11.8. The van der Waals surface area contributed by atoms with Crippen molar-refractivity contribution in [1.82, 2.24) is 0 Å². The van der Waals surface area contributed by atoms with E-state index >= 15 is 0 Å². The largest absolute Gasteiger partial charge is 0.466 e. The third-order valence-corrected chi connectivity index (χ3v) is 3.81. The van der Waals surface area contributed by atoms with Crippen LogP contribution in [-0.4, -0.2) is 12.6 Å². The van der Waals surface area contributed by atoms with E-state index in [0.717, 1.165) is 16.0 Å². The molecule has 0 atom stereocenters. The van der Waals surface area contributed by atoms with Crippen molar-refractivity contribution < 1.29 is 9.53 Å². The van der Waals surface area contributed by atoms with Crippen LogP contribution in [0.5, 0.6) is 0 Å². The lowest BCUT2D eigenvalue weighted by Gasteiger charge is -2.07. The van der Waals surface area contributed by atoms with Crippen LogP contribution in [0.1, 0.15) is 28.7 Å². The number of carbonyl (C=O) groups is 1. The monoisotopic (exact) mass is 286 g/mol. The van der Waals surface area contributed by atoms with E-state index in [-0.39, 0.29) is 5.97 Å². The molecular weight excluding hydrogens is 268 g/mol. The van der Waals surface area contributed by atoms with E-state index in [9.17, 15) is 4.79 Å². The minimum absolute atomic E-state index is 0.184. The zero-order chi connectivity index (χ0) is 14.4. The third-order valence-electron chi connectivity index (χ3n) is 2.86. The summed E-state index contributed by atoms with van der Waals surface area (Å²) >= 11 is 1.72. The number of thiophene rings is 1. The zero-order valence-electron chi connectivity index (χ0n) is 11.8. The highest BCUT2D eigenvalue weighted by atomic mass is 32.1. The van der Waals surface area contributed by atoms with Gasteiger partial charge in [0.2, 0.25) is 0 Å². The molecule has 20 heavy (non-hydrogen) atoms. The molecule has 0 spiro atoms. The van der Waals surface area contributed by atoms with E-state index < -0.39 is 0 Å². The van der Waals surface area contributed by atoms with Gasteiger partial charge in [-0.1, -0.05) is 30.3 Å². The number of aryl methyl sites for hydroxylation is 1. The van der Waals surface area contributed by atoms with Gasteiger partial charge in [0, 0.05) is 9.75 Å². The smallest absolute Gasteiger partial charge is 0.310 e. The Morgan fingerprint density at radius 2 is 1.95 bits per heavy atom. The molecule has 2 aromatic rings. The first-order chi connectivity index (χ1) is 9.69. The zero-order valence-corrected chi connectivity index (χ0v) is 12.6. The Morgan fingerprint density at radius 1 is 1.20 bits per heavy atom. The lowest BCUT2D eigenvalue weighted by Crippen LogP contribution is -2.04. The fourth-order valence-electron chi connectivity index (χ4n) is 1.96. The van der Waals surface area contributed by atoms with Crippen molar-refractivity contribution in [3.63, 3.8) is 0 Å². The molecule has 0 saturated carbocycles. The van der Waals surface area contributed by atoms with Crippen LogP contribution in [0.3, 0.4) is 0 Å². The second kappa shape index (κ2) is 7.06. The predicted octanol–water partition coefficient (Wildman–Crippen LogP) is 4.55. The van der Waals surface area contributed by atoms with Crippen LogP contribution < -0.4 is 0 Å². The Morgan fingerprint density at radius 3 is 2.55 bits per heavy atom. The minimum atomic E-state index is -0.184. The second-order valence-corrected chi connectivity index (χ2v) is 5.79. The third kappa shape index (κ3) is 4.07. The highest BCUT2D eigenvalue weighted by molar-refractivity contribution is 7.12. The molecular formula is C17H18O2S. The van der Waals surface area contributed by atoms with E-state index in [1.54, 1.807) is 11.3 Å². The number of hydrogen-bond acceptors (Lipinski definition) is 3. The van der Waals surface area contributed by atoms with Crippen molar-refractivity contribution in [1.29, 1.82) is 0 Å². The standard InChI is InChI=1S/C17H18O2S/c1-3-19-17(18)12-15(14-7-5-4-6-8-14)11-16-10-9-13(2)20-16/h4-11H,3,12H2,1-2H3/b15-11-. The Labute approximate surface area is 123 Å². The van der Waals surface area contributed by atoms with Gasteiger partial charge in [-0.3, -0.25) is 4.79 Å². The van der Waals surface area contributed by atoms with Gasteiger partial charge in [0.25, 0.3) is 0 Å². The molecule has 1 aromatic carbocycles. The summed E-state index contributed by atoms with van der Waals surface area (Å²) in [6.45, 7) is 4.32. The molecule has 104 valence electrons. The Bertz CT molecular complexity index is 596. The first-order valence-electron chi connectivity index (χ1n) is 6.67. The highest BCUT2D eigenvalue weighted by Gasteiger charge is 2.09. The predicted molar refractivity (Wildman–Crippen MR) is 84.6 cm³/mol. The first-order valence-corrected chi connectivity index (χ1v) is 7.48. The van der Waals surface area contributed by atoms with Gasteiger partial charge in [-0.05, 0) is 43.2 Å². The summed E-state index contributed by atoms with van der Waals surface area (Å²) in [4.78, 5) is 14.2. The summed E-state index contributed by atoms with van der Waals surface area (Å²) < 4.78 is 5.06. The maximum Gasteiger partial charge on any atom is 0.310 e. The molecule has 1 aromatic heterocycles. The number of benzene rings is 1. The molecule has 2 nitrogen and oxygen atoms in total. The van der Waals surface area contributed by atoms with Crippen LogP contribution in [0.4, 0.5) is 0 Å². The van der Waals surface area contributed by atoms with Crippen LogP contribution in [0.25, 0.3) is 11.6 Å². The van der Waals surface area contributed by atoms with Gasteiger partial charge < -0.3 is 4.74 Å². The van der Waals surface area contributed by atoms with E-state index in [4.69, 9.17) is 4.74 Å². The van der Waals surface area contributed by atoms with E-state index in [1.807, 2.05) is 37.3 Å². The summed E-state index contributed by atoms with van der Waals surface area (Å²) in [5, 5.41) is 0. The van der Waals surface area contributed by atoms with Crippen molar-refractivity contribution in [3.8, 4) is 0 Å². The number of hydrogen-bond donors (Lipinski definition) is 0. The molecule has 0 saturated heterocycles. The van der Waals surface area contributed by atoms with Gasteiger partial charge in [-0.2, -0.15) is 0 Å². The summed E-state index contributed by atoms with van der Waals surface area (Å²) in [5.74, 6) is -0.184. The fraction of sp³-hybridized carbons (Fsp3) is 0.235. The molecule has 0 radical (unpaired) electrons. The van der Waals surface area contributed by atoms with E-state index in [0.29, 0.717) is 13.0 Å². The molecule has 0 amide bonds. The molecule has 0 fully saturated rings. The molecule has 1 heterocycles. The number of esters is 1. The van der Waals surface area contributed by atoms with Gasteiger partial charge in [-0.25, -0.2) is 0 Å². The van der Waals surface area contributed by atoms with Crippen molar-refractivity contribution >= 4 is 29.0 Å². The highest BCUT2D eigenvalue weighted by Crippen LogP contribution is 2.25. The quantitative estimate of drug-likeness (QED) is 0.754. The molecule has 0 bridgehead atoms.